The summed E-state index contributed by atoms with van der Waals surface area (Å²) in [5.41, 5.74) is -2.77. The first kappa shape index (κ1) is 39.0. The van der Waals surface area contributed by atoms with Crippen molar-refractivity contribution in [3.05, 3.63) is 12.7 Å². The summed E-state index contributed by atoms with van der Waals surface area (Å²) in [6.07, 6.45) is -5.65. The maximum absolute atomic E-state index is 14.1. The summed E-state index contributed by atoms with van der Waals surface area (Å²) in [4.78, 5) is 55.8. The Bertz CT molecular complexity index is 1160. The third-order valence-electron chi connectivity index (χ3n) is 10.3. The number of likely N-dealkylation sites (N-methyl/N-ethyl adjacent to an activating group) is 1. The minimum atomic E-state index is -1.47. The number of carbonyl (C=O) groups excluding carboxylic acids is 4. The van der Waals surface area contributed by atoms with Crippen LogP contribution in [0.25, 0.3) is 0 Å². The summed E-state index contributed by atoms with van der Waals surface area (Å²) in [5.74, 6) is -5.31. The molecule has 0 spiro atoms. The molecule has 1 N–H and O–H groups in total. The molecule has 0 aromatic carbocycles. The number of aliphatic hydroxyl groups is 1. The van der Waals surface area contributed by atoms with Crippen molar-refractivity contribution in [2.24, 2.45) is 23.7 Å². The molecule has 0 saturated carbocycles. The Morgan fingerprint density at radius 1 is 1.02 bits per heavy atom. The minimum Gasteiger partial charge on any atom is -0.457 e. The van der Waals surface area contributed by atoms with Gasteiger partial charge in [0.2, 0.25) is 0 Å². The fourth-order valence-corrected chi connectivity index (χ4v) is 7.52. The Morgan fingerprint density at radius 3 is 2.21 bits per heavy atom. The average molecular weight is 670 g/mol. The number of nitrogens with zero attached hydrogens (tertiary/aromatic N) is 1. The summed E-state index contributed by atoms with van der Waals surface area (Å²) < 4.78 is 41.7. The number of hydrogen-bond donors (Lipinski definition) is 1. The van der Waals surface area contributed by atoms with E-state index in [2.05, 4.69) is 6.58 Å². The van der Waals surface area contributed by atoms with Gasteiger partial charge in [-0.25, -0.2) is 4.79 Å². The van der Waals surface area contributed by atoms with E-state index in [1.165, 1.54) is 14.0 Å². The van der Waals surface area contributed by atoms with E-state index in [0.29, 0.717) is 0 Å². The lowest BCUT2D eigenvalue weighted by Gasteiger charge is -2.49. The third kappa shape index (κ3) is 7.75. The molecule has 47 heavy (non-hydrogen) atoms. The molecule has 3 saturated heterocycles. The van der Waals surface area contributed by atoms with E-state index in [-0.39, 0.29) is 25.2 Å². The molecule has 13 nitrogen and oxygen atoms in total. The largest absolute Gasteiger partial charge is 0.509 e. The molecule has 3 aliphatic heterocycles. The van der Waals surface area contributed by atoms with Crippen LogP contribution in [0.1, 0.15) is 68.2 Å². The lowest BCUT2D eigenvalue weighted by atomic mass is 9.74. The SMILES string of the molecule is C=CCO[C@H]1[C@H](N(C)C)[C@@H](O)[C@H](O[C@@H]2[C@@H](C)C(=O)[C@@H](C)C(=O)O[C@H](CC)[C@@]3(C)OC(=O)O[C@H]3[C@@H](C)C(=O)[C@H](C)C[C@@]2(C)OC)O[C@@H]1C. The van der Waals surface area contributed by atoms with Crippen LogP contribution in [0, 0.1) is 23.7 Å². The maximum Gasteiger partial charge on any atom is 0.509 e. The van der Waals surface area contributed by atoms with Crippen LogP contribution >= 0.6 is 0 Å². The molecule has 0 aliphatic carbocycles. The molecule has 14 atom stereocenters. The predicted octanol–water partition coefficient (Wildman–Crippen LogP) is 3.09. The molecule has 3 fully saturated rings. The minimum absolute atomic E-state index is 0.0871. The third-order valence-corrected chi connectivity index (χ3v) is 10.3. The zero-order chi connectivity index (χ0) is 35.6. The molecule has 0 radical (unpaired) electrons. The molecule has 0 amide bonds. The van der Waals surface area contributed by atoms with Crippen molar-refractivity contribution in [2.45, 2.75) is 128 Å². The number of methoxy groups -OCH3 is 1. The number of rotatable bonds is 8. The van der Waals surface area contributed by atoms with Crippen molar-refractivity contribution in [3.63, 3.8) is 0 Å². The van der Waals surface area contributed by atoms with Gasteiger partial charge < -0.3 is 43.2 Å². The molecule has 3 rings (SSSR count). The number of esters is 1. The van der Waals surface area contributed by atoms with Gasteiger partial charge in [0.1, 0.15) is 30.0 Å². The average Bonchev–Trinajstić information content (AvgIpc) is 3.34. The first-order valence-electron chi connectivity index (χ1n) is 16.5. The Kier molecular flexibility index (Phi) is 12.8. The van der Waals surface area contributed by atoms with Crippen LogP contribution in [0.3, 0.4) is 0 Å². The van der Waals surface area contributed by atoms with Crippen LogP contribution in [0.5, 0.6) is 0 Å². The Morgan fingerprint density at radius 2 is 1.66 bits per heavy atom. The van der Waals surface area contributed by atoms with Gasteiger partial charge in [-0.3, -0.25) is 14.4 Å². The Hall–Kier alpha value is -2.42. The van der Waals surface area contributed by atoms with Gasteiger partial charge in [0.25, 0.3) is 0 Å². The first-order valence-corrected chi connectivity index (χ1v) is 16.5. The van der Waals surface area contributed by atoms with Crippen molar-refractivity contribution in [1.82, 2.24) is 4.90 Å². The van der Waals surface area contributed by atoms with E-state index in [1.807, 2.05) is 25.9 Å². The van der Waals surface area contributed by atoms with Crippen LogP contribution in [-0.4, -0.2) is 122 Å². The van der Waals surface area contributed by atoms with E-state index in [0.717, 1.165) is 0 Å². The smallest absolute Gasteiger partial charge is 0.457 e. The molecule has 13 heteroatoms. The highest BCUT2D eigenvalue weighted by atomic mass is 16.8. The van der Waals surface area contributed by atoms with Gasteiger partial charge in [-0.2, -0.15) is 0 Å². The van der Waals surface area contributed by atoms with Gasteiger partial charge in [0.15, 0.2) is 23.8 Å². The van der Waals surface area contributed by atoms with Crippen molar-refractivity contribution < 1.29 is 57.4 Å². The molecule has 0 unspecified atom stereocenters. The highest BCUT2D eigenvalue weighted by Crippen LogP contribution is 2.42. The van der Waals surface area contributed by atoms with Crippen molar-refractivity contribution in [3.8, 4) is 0 Å². The molecule has 0 aromatic heterocycles. The van der Waals surface area contributed by atoms with E-state index in [1.54, 1.807) is 47.6 Å². The van der Waals surface area contributed by atoms with E-state index >= 15 is 0 Å². The van der Waals surface area contributed by atoms with Crippen molar-refractivity contribution in [2.75, 3.05) is 27.8 Å². The van der Waals surface area contributed by atoms with Crippen LogP contribution < -0.4 is 0 Å². The van der Waals surface area contributed by atoms with Crippen LogP contribution in [0.15, 0.2) is 12.7 Å². The summed E-state index contributed by atoms with van der Waals surface area (Å²) in [6.45, 7) is 17.3. The second kappa shape index (κ2) is 15.4. The van der Waals surface area contributed by atoms with Gasteiger partial charge in [-0.1, -0.05) is 33.8 Å². The highest BCUT2D eigenvalue weighted by molar-refractivity contribution is 6.00. The van der Waals surface area contributed by atoms with Crippen LogP contribution in [-0.2, 0) is 47.5 Å². The van der Waals surface area contributed by atoms with E-state index in [4.69, 9.17) is 33.2 Å². The number of ether oxygens (including phenoxy) is 7. The van der Waals surface area contributed by atoms with Gasteiger partial charge >= 0.3 is 12.1 Å². The van der Waals surface area contributed by atoms with Crippen LogP contribution in [0.4, 0.5) is 4.79 Å². The van der Waals surface area contributed by atoms with Crippen molar-refractivity contribution in [1.29, 1.82) is 0 Å². The Labute approximate surface area is 278 Å². The summed E-state index contributed by atoms with van der Waals surface area (Å²) >= 11 is 0. The molecule has 3 aliphatic rings. The molecule has 0 aromatic rings. The molecule has 0 bridgehead atoms. The van der Waals surface area contributed by atoms with Gasteiger partial charge in [0.05, 0.1) is 36.4 Å². The highest BCUT2D eigenvalue weighted by Gasteiger charge is 2.59. The Balaban J connectivity index is 2.08. The van der Waals surface area contributed by atoms with E-state index in [9.17, 15) is 24.3 Å². The summed E-state index contributed by atoms with van der Waals surface area (Å²) in [6, 6.07) is -0.547. The zero-order valence-corrected chi connectivity index (χ0v) is 29.7. The normalized spacial score (nSPS) is 43.9. The number of aliphatic hydroxyl groups excluding tert-OH is 1. The summed E-state index contributed by atoms with van der Waals surface area (Å²) in [5, 5.41) is 11.6. The summed E-state index contributed by atoms with van der Waals surface area (Å²) in [7, 11) is 5.07. The number of fused-ring (bicyclic) bond motifs is 1. The van der Waals surface area contributed by atoms with Crippen molar-refractivity contribution >= 4 is 23.7 Å². The molecular weight excluding hydrogens is 614 g/mol. The quantitative estimate of drug-likeness (QED) is 0.229. The second-order valence-electron chi connectivity index (χ2n) is 13.9. The fraction of sp³-hybridized carbons (Fsp3) is 0.824. The number of hydrogen-bond acceptors (Lipinski definition) is 13. The lowest BCUT2D eigenvalue weighted by molar-refractivity contribution is -0.316. The zero-order valence-electron chi connectivity index (χ0n) is 29.7. The number of ketones is 2. The van der Waals surface area contributed by atoms with Gasteiger partial charge in [-0.05, 0) is 54.6 Å². The standard InChI is InChI=1S/C34H55NO12/c1-13-15-42-27-21(7)43-31(26(38)23(27)35(10)11)45-28-19(5)25(37)20(6)30(39)44-22(14-2)34(9)29(46-32(40)47-34)18(4)24(36)17(3)16-33(28,8)41-12/h13,17-23,26-29,31,38H,1,14-16H2,2-12H3/t17-,18+,19+,20-,21-,22-,23-,26-,27-,28-,29+,31+,33-,34-/m1/s1. The second-order valence-corrected chi connectivity index (χ2v) is 13.9. The van der Waals surface area contributed by atoms with Gasteiger partial charge in [0, 0.05) is 18.9 Å². The topological polar surface area (TPSA) is 156 Å². The van der Waals surface area contributed by atoms with E-state index < -0.39 is 102 Å². The van der Waals surface area contributed by atoms with Gasteiger partial charge in [-0.15, -0.1) is 6.58 Å². The predicted molar refractivity (Wildman–Crippen MR) is 169 cm³/mol. The lowest BCUT2D eigenvalue weighted by Crippen LogP contribution is -2.65. The fourth-order valence-electron chi connectivity index (χ4n) is 7.52. The molecular formula is C34H55NO12. The monoisotopic (exact) mass is 669 g/mol. The maximum atomic E-state index is 14.1. The molecule has 3 heterocycles. The van der Waals surface area contributed by atoms with Crippen LogP contribution in [0.2, 0.25) is 0 Å². The number of cyclic esters (lactones) is 1. The first-order chi connectivity index (χ1) is 21.9. The number of Topliss-reactive ketones (excluding diaryl/α,β-unsaturated/α-hetero) is 2. The number of carbonyl (C=O) groups is 4. The molecule has 268 valence electrons.